The van der Waals surface area contributed by atoms with Gasteiger partial charge in [0.25, 0.3) is 0 Å². The summed E-state index contributed by atoms with van der Waals surface area (Å²) < 4.78 is 1.38. The first kappa shape index (κ1) is 29.4. The monoisotopic (exact) mass is 600 g/mol. The number of rotatable bonds is 10. The lowest BCUT2D eigenvalue weighted by Gasteiger charge is -2.38. The number of anilines is 2. The molecule has 5 rings (SSSR count). The van der Waals surface area contributed by atoms with E-state index in [1.54, 1.807) is 37.4 Å². The number of carbonyl (C=O) groups excluding carboxylic acids is 4. The number of hydrogen-bond donors (Lipinski definition) is 1. The Bertz CT molecular complexity index is 1650. The second-order valence-corrected chi connectivity index (χ2v) is 10.7. The number of nitrogens with one attached hydrogen (secondary N) is 1. The average Bonchev–Trinajstić information content (AvgIpc) is 3.54. The molecule has 0 spiro atoms. The van der Waals surface area contributed by atoms with Gasteiger partial charge < -0.3 is 15.1 Å². The summed E-state index contributed by atoms with van der Waals surface area (Å²) in [7, 11) is 1.67. The Morgan fingerprint density at radius 2 is 1.84 bits per heavy atom. The molecule has 13 heteroatoms. The van der Waals surface area contributed by atoms with Crippen LogP contribution in [-0.2, 0) is 32.1 Å². The number of piperazine rings is 1. The molecule has 4 amide bonds. The molecule has 1 fully saturated rings. The number of carbonyl (C=O) groups is 4. The van der Waals surface area contributed by atoms with Gasteiger partial charge >= 0.3 is 0 Å². The summed E-state index contributed by atoms with van der Waals surface area (Å²) in [5, 5.41) is 14.5. The fourth-order valence-corrected chi connectivity index (χ4v) is 5.11. The van der Waals surface area contributed by atoms with Crippen molar-refractivity contribution in [3.8, 4) is 5.69 Å². The van der Waals surface area contributed by atoms with Crippen molar-refractivity contribution in [3.05, 3.63) is 94.8 Å². The van der Waals surface area contributed by atoms with Crippen molar-refractivity contribution in [3.63, 3.8) is 0 Å². The van der Waals surface area contributed by atoms with Gasteiger partial charge in [0.05, 0.1) is 11.4 Å². The van der Waals surface area contributed by atoms with Crippen LogP contribution in [0.5, 0.6) is 0 Å². The Labute approximate surface area is 252 Å². The van der Waals surface area contributed by atoms with E-state index in [0.717, 1.165) is 23.1 Å². The molecule has 220 valence electrons. The summed E-state index contributed by atoms with van der Waals surface area (Å²) in [5.41, 5.74) is 4.02. The molecule has 1 aromatic heterocycles. The first-order chi connectivity index (χ1) is 20.7. The minimum absolute atomic E-state index is 0.200. The van der Waals surface area contributed by atoms with Crippen LogP contribution >= 0.6 is 11.6 Å². The van der Waals surface area contributed by atoms with Crippen LogP contribution in [0.4, 0.5) is 11.4 Å². The van der Waals surface area contributed by atoms with Crippen molar-refractivity contribution in [2.45, 2.75) is 25.9 Å². The van der Waals surface area contributed by atoms with E-state index in [2.05, 4.69) is 20.8 Å². The van der Waals surface area contributed by atoms with Crippen molar-refractivity contribution < 1.29 is 19.2 Å². The molecule has 0 saturated carbocycles. The number of tetrazole rings is 1. The molecule has 12 nitrogen and oxygen atoms in total. The Balaban J connectivity index is 1.42. The number of nitrogens with zero attached hydrogens (tertiary/aromatic N) is 7. The lowest BCUT2D eigenvalue weighted by molar-refractivity contribution is -0.143. The van der Waals surface area contributed by atoms with Gasteiger partial charge in [-0.25, -0.2) is 0 Å². The number of aryl methyl sites for hydroxylation is 1. The zero-order chi connectivity index (χ0) is 30.5. The number of hydrogen-bond acceptors (Lipinski definition) is 7. The molecular weight excluding hydrogens is 572 g/mol. The topological polar surface area (TPSA) is 134 Å². The standard InChI is InChI=1S/C30H29ClN8O4/c1-20-8-10-24(13-22(20)15-36(2)19-40)33-30(43)27(12-21-6-4-3-5-7-21)38-17-28(41)37(16-29(38)42)26-14-23(31)9-11-25(26)39-18-32-34-35-39/h3-11,13-14,18-19,27H,12,15-17H2,1-2H3,(H,33,43). The van der Waals surface area contributed by atoms with Gasteiger partial charge in [-0.2, -0.15) is 4.68 Å². The van der Waals surface area contributed by atoms with E-state index in [4.69, 9.17) is 11.6 Å². The van der Waals surface area contributed by atoms with Crippen molar-refractivity contribution >= 4 is 47.1 Å². The van der Waals surface area contributed by atoms with E-state index >= 15 is 0 Å². The predicted molar refractivity (Wildman–Crippen MR) is 160 cm³/mol. The molecule has 0 bridgehead atoms. The van der Waals surface area contributed by atoms with E-state index in [1.807, 2.05) is 43.3 Å². The fraction of sp³-hybridized carbons (Fsp3) is 0.233. The molecule has 1 atom stereocenters. The highest BCUT2D eigenvalue weighted by atomic mass is 35.5. The molecule has 1 aliphatic rings. The lowest BCUT2D eigenvalue weighted by Crippen LogP contribution is -2.60. The summed E-state index contributed by atoms with van der Waals surface area (Å²) in [4.78, 5) is 56.4. The number of aromatic nitrogens is 4. The summed E-state index contributed by atoms with van der Waals surface area (Å²) in [5.74, 6) is -1.23. The molecule has 43 heavy (non-hydrogen) atoms. The van der Waals surface area contributed by atoms with Crippen LogP contribution in [0.15, 0.2) is 73.1 Å². The molecule has 1 unspecified atom stereocenters. The summed E-state index contributed by atoms with van der Waals surface area (Å²) in [6, 6.07) is 18.6. The maximum atomic E-state index is 13.8. The SMILES string of the molecule is Cc1ccc(NC(=O)C(Cc2ccccc2)N2CC(=O)N(c3cc(Cl)ccc3-n3cnnn3)CC2=O)cc1CN(C)C=O. The highest BCUT2D eigenvalue weighted by Gasteiger charge is 2.39. The van der Waals surface area contributed by atoms with E-state index < -0.39 is 23.8 Å². The Hall–Kier alpha value is -5.10. The minimum Gasteiger partial charge on any atom is -0.344 e. The number of halogens is 1. The third kappa shape index (κ3) is 6.70. The highest BCUT2D eigenvalue weighted by Crippen LogP contribution is 2.30. The van der Waals surface area contributed by atoms with Gasteiger partial charge in [-0.3, -0.25) is 24.1 Å². The van der Waals surface area contributed by atoms with Gasteiger partial charge in [-0.1, -0.05) is 48.0 Å². The number of benzene rings is 3. The molecule has 0 radical (unpaired) electrons. The van der Waals surface area contributed by atoms with Gasteiger partial charge in [-0.05, 0) is 64.4 Å². The molecule has 3 aromatic carbocycles. The van der Waals surface area contributed by atoms with Gasteiger partial charge in [0.15, 0.2) is 0 Å². The first-order valence-corrected chi connectivity index (χ1v) is 13.8. The third-order valence-electron chi connectivity index (χ3n) is 7.21. The molecular formula is C30H29ClN8O4. The minimum atomic E-state index is -0.971. The Kier molecular flexibility index (Phi) is 8.77. The smallest absolute Gasteiger partial charge is 0.247 e. The van der Waals surface area contributed by atoms with Crippen molar-refractivity contribution in [1.29, 1.82) is 0 Å². The fourth-order valence-electron chi connectivity index (χ4n) is 4.95. The van der Waals surface area contributed by atoms with Crippen LogP contribution in [0.25, 0.3) is 5.69 Å². The van der Waals surface area contributed by atoms with Crippen LogP contribution in [0.3, 0.4) is 0 Å². The molecule has 2 heterocycles. The van der Waals surface area contributed by atoms with Gasteiger partial charge in [0.1, 0.15) is 25.5 Å². The van der Waals surface area contributed by atoms with Crippen molar-refractivity contribution in [2.24, 2.45) is 0 Å². The third-order valence-corrected chi connectivity index (χ3v) is 7.45. The van der Waals surface area contributed by atoms with Crippen LogP contribution in [0.2, 0.25) is 5.02 Å². The normalized spacial score (nSPS) is 14.0. The second-order valence-electron chi connectivity index (χ2n) is 10.2. The average molecular weight is 601 g/mol. The highest BCUT2D eigenvalue weighted by molar-refractivity contribution is 6.31. The molecule has 1 saturated heterocycles. The maximum absolute atomic E-state index is 13.8. The molecule has 1 N–H and O–H groups in total. The van der Waals surface area contributed by atoms with Crippen molar-refractivity contribution in [2.75, 3.05) is 30.4 Å². The Morgan fingerprint density at radius 1 is 1.05 bits per heavy atom. The Morgan fingerprint density at radius 3 is 2.56 bits per heavy atom. The zero-order valence-corrected chi connectivity index (χ0v) is 24.3. The van der Waals surface area contributed by atoms with Gasteiger partial charge in [0.2, 0.25) is 24.1 Å². The van der Waals surface area contributed by atoms with Crippen LogP contribution in [0.1, 0.15) is 16.7 Å². The second kappa shape index (κ2) is 12.8. The largest absolute Gasteiger partial charge is 0.344 e. The van der Waals surface area contributed by atoms with Gasteiger partial charge in [0, 0.05) is 30.7 Å². The van der Waals surface area contributed by atoms with E-state index in [0.29, 0.717) is 28.6 Å². The molecule has 0 aliphatic carbocycles. The summed E-state index contributed by atoms with van der Waals surface area (Å²) in [6.45, 7) is 1.66. The van der Waals surface area contributed by atoms with E-state index in [-0.39, 0.29) is 19.5 Å². The van der Waals surface area contributed by atoms with Crippen molar-refractivity contribution in [1.82, 2.24) is 30.0 Å². The predicted octanol–water partition coefficient (Wildman–Crippen LogP) is 2.64. The summed E-state index contributed by atoms with van der Waals surface area (Å²) >= 11 is 6.26. The lowest BCUT2D eigenvalue weighted by atomic mass is 10.0. The van der Waals surface area contributed by atoms with E-state index in [1.165, 1.54) is 25.7 Å². The van der Waals surface area contributed by atoms with Crippen LogP contribution < -0.4 is 10.2 Å². The zero-order valence-electron chi connectivity index (χ0n) is 23.6. The summed E-state index contributed by atoms with van der Waals surface area (Å²) in [6.07, 6.45) is 2.31. The van der Waals surface area contributed by atoms with Crippen LogP contribution in [0, 0.1) is 6.92 Å². The molecule has 4 aromatic rings. The number of amides is 4. The van der Waals surface area contributed by atoms with E-state index in [9.17, 15) is 19.2 Å². The van der Waals surface area contributed by atoms with Gasteiger partial charge in [-0.15, -0.1) is 5.10 Å². The first-order valence-electron chi connectivity index (χ1n) is 13.5. The quantitative estimate of drug-likeness (QED) is 0.277. The maximum Gasteiger partial charge on any atom is 0.247 e. The van der Waals surface area contributed by atoms with Crippen LogP contribution in [-0.4, -0.2) is 80.3 Å². The molecule has 1 aliphatic heterocycles.